The first-order valence-corrected chi connectivity index (χ1v) is 16.5. The zero-order valence-corrected chi connectivity index (χ0v) is 30.7. The summed E-state index contributed by atoms with van der Waals surface area (Å²) in [5.41, 5.74) is 0. The number of alkyl halides is 34. The number of carbonyl (C=O) groups excluding carboxylic acids is 2. The quantitative estimate of drug-likeness (QED) is 0.0767. The van der Waals surface area contributed by atoms with Gasteiger partial charge in [-0.15, -0.1) is 11.8 Å². The highest BCUT2D eigenvalue weighted by Crippen LogP contribution is 2.66. The van der Waals surface area contributed by atoms with Crippen LogP contribution >= 0.6 is 11.8 Å². The fraction of sp³-hybridized carbons (Fsp3) is 0.923. The van der Waals surface area contributed by atoms with Crippen LogP contribution in [0.15, 0.2) is 0 Å². The van der Waals surface area contributed by atoms with E-state index in [1.54, 1.807) is 0 Å². The standard InChI is InChI=1S/C26H16F34O5S/c27-11(28,13(31,32)15(35,36)17(39,40)19(43,44)21(47,48)23(51,52)25(55,56)57)1-4-64-9(62)7-8(66-6-3-61)10(63)65-5-2-12(29,30)14(33,34)16(37,38)18(41,42)20(45,46)22(49,50)24(53,54)26(58,59)60/h8,61H,1-7H2. The Labute approximate surface area is 343 Å². The molecule has 1 N–H and O–H groups in total. The molecule has 1 atom stereocenters. The summed E-state index contributed by atoms with van der Waals surface area (Å²) in [4.78, 5) is 24.1. The fourth-order valence-corrected chi connectivity index (χ4v) is 4.84. The van der Waals surface area contributed by atoms with Crippen LogP contribution in [0.3, 0.4) is 0 Å². The van der Waals surface area contributed by atoms with Crippen LogP contribution in [0.2, 0.25) is 0 Å². The third kappa shape index (κ3) is 9.84. The second kappa shape index (κ2) is 18.3. The Morgan fingerprint density at radius 1 is 0.379 bits per heavy atom. The van der Waals surface area contributed by atoms with E-state index in [1.165, 1.54) is 0 Å². The van der Waals surface area contributed by atoms with Crippen molar-refractivity contribution in [1.29, 1.82) is 0 Å². The van der Waals surface area contributed by atoms with Crippen LogP contribution in [0.5, 0.6) is 0 Å². The number of hydrogen-bond acceptors (Lipinski definition) is 6. The van der Waals surface area contributed by atoms with E-state index in [9.17, 15) is 159 Å². The largest absolute Gasteiger partial charge is 0.465 e. The highest BCUT2D eigenvalue weighted by molar-refractivity contribution is 8.00. The van der Waals surface area contributed by atoms with Gasteiger partial charge in [-0.05, 0) is 0 Å². The van der Waals surface area contributed by atoms with Gasteiger partial charge in [-0.1, -0.05) is 0 Å². The molecule has 0 spiro atoms. The first kappa shape index (κ1) is 62.9. The molecule has 40 heteroatoms. The van der Waals surface area contributed by atoms with Crippen LogP contribution < -0.4 is 0 Å². The third-order valence-electron chi connectivity index (χ3n) is 7.94. The predicted octanol–water partition coefficient (Wildman–Crippen LogP) is 11.4. The van der Waals surface area contributed by atoms with Gasteiger partial charge in [0.1, 0.15) is 5.25 Å². The summed E-state index contributed by atoms with van der Waals surface area (Å²) in [5, 5.41) is 6.14. The molecule has 0 amide bonds. The third-order valence-corrected chi connectivity index (χ3v) is 9.12. The Kier molecular flexibility index (Phi) is 17.4. The van der Waals surface area contributed by atoms with Gasteiger partial charge >= 0.3 is 107 Å². The Morgan fingerprint density at radius 2 is 0.621 bits per heavy atom. The molecule has 0 aliphatic rings. The van der Waals surface area contributed by atoms with Gasteiger partial charge in [0.25, 0.3) is 0 Å². The second-order valence-electron chi connectivity index (χ2n) is 12.5. The SMILES string of the molecule is O=C(CC(SCCO)C(=O)OCCC(F)(F)C(F)(F)C(F)(F)C(F)(F)C(F)(F)C(F)(F)C(F)(F)C(F)(F)F)OCCC(F)(F)C(F)(F)C(F)(F)C(F)(F)C(F)(F)C(F)(F)C(F)(F)C(F)(F)F. The average molecular weight is 1090 g/mol. The maximum absolute atomic E-state index is 14.1. The van der Waals surface area contributed by atoms with Crippen molar-refractivity contribution in [3.8, 4) is 0 Å². The maximum Gasteiger partial charge on any atom is 0.460 e. The Bertz CT molecular complexity index is 1680. The molecule has 0 saturated heterocycles. The highest BCUT2D eigenvalue weighted by atomic mass is 32.2. The summed E-state index contributed by atoms with van der Waals surface area (Å²) in [7, 11) is 0. The molecule has 0 aromatic carbocycles. The number of rotatable bonds is 24. The number of carbonyl (C=O) groups is 2. The first-order valence-electron chi connectivity index (χ1n) is 15.4. The summed E-state index contributed by atoms with van der Waals surface area (Å²) >= 11 is -0.288. The maximum atomic E-state index is 14.1. The van der Waals surface area contributed by atoms with Crippen molar-refractivity contribution in [3.63, 3.8) is 0 Å². The lowest BCUT2D eigenvalue weighted by Gasteiger charge is -2.42. The van der Waals surface area contributed by atoms with Crippen LogP contribution in [-0.4, -0.2) is 143 Å². The molecule has 0 radical (unpaired) electrons. The van der Waals surface area contributed by atoms with Crippen LogP contribution in [0, 0.1) is 0 Å². The number of aliphatic hydroxyl groups excluding tert-OH is 1. The number of aliphatic hydroxyl groups is 1. The molecular formula is C26H16F34O5S. The summed E-state index contributed by atoms with van der Waals surface area (Å²) in [6.45, 7) is -6.53. The van der Waals surface area contributed by atoms with Gasteiger partial charge in [-0.2, -0.15) is 149 Å². The van der Waals surface area contributed by atoms with E-state index in [2.05, 4.69) is 9.47 Å². The fourth-order valence-electron chi connectivity index (χ4n) is 3.99. The van der Waals surface area contributed by atoms with E-state index >= 15 is 0 Å². The molecule has 0 bridgehead atoms. The predicted molar refractivity (Wildman–Crippen MR) is 140 cm³/mol. The van der Waals surface area contributed by atoms with Gasteiger partial charge in [-0.3, -0.25) is 9.59 Å². The summed E-state index contributed by atoms with van der Waals surface area (Å²) in [6.07, 6.45) is -24.9. The van der Waals surface area contributed by atoms with Crippen molar-refractivity contribution >= 4 is 23.7 Å². The molecule has 0 aromatic rings. The van der Waals surface area contributed by atoms with E-state index in [0.717, 1.165) is 0 Å². The molecule has 66 heavy (non-hydrogen) atoms. The minimum Gasteiger partial charge on any atom is -0.465 e. The van der Waals surface area contributed by atoms with E-state index < -0.39 is 157 Å². The minimum atomic E-state index is -9.01. The van der Waals surface area contributed by atoms with E-state index in [0.29, 0.717) is 0 Å². The minimum absolute atomic E-state index is 0.288. The summed E-state index contributed by atoms with van der Waals surface area (Å²) < 4.78 is 463. The zero-order chi connectivity index (χ0) is 53.8. The smallest absolute Gasteiger partial charge is 0.460 e. The Balaban J connectivity index is 6.24. The van der Waals surface area contributed by atoms with Crippen LogP contribution in [-0.2, 0) is 19.1 Å². The molecular weight excluding hydrogens is 1070 g/mol. The number of halogens is 34. The topological polar surface area (TPSA) is 72.8 Å². The van der Waals surface area contributed by atoms with Crippen molar-refractivity contribution in [2.75, 3.05) is 25.6 Å². The van der Waals surface area contributed by atoms with Crippen LogP contribution in [0.4, 0.5) is 149 Å². The lowest BCUT2D eigenvalue weighted by atomic mass is 9.88. The van der Waals surface area contributed by atoms with Crippen molar-refractivity contribution in [2.45, 2.75) is 120 Å². The number of thioether (sulfide) groups is 1. The summed E-state index contributed by atoms with van der Waals surface area (Å²) in [5.74, 6) is -125. The molecule has 0 fully saturated rings. The average Bonchev–Trinajstić information content (AvgIpc) is 3.10. The van der Waals surface area contributed by atoms with Gasteiger partial charge in [0.2, 0.25) is 0 Å². The molecule has 0 aliphatic carbocycles. The van der Waals surface area contributed by atoms with Crippen molar-refractivity contribution in [2.24, 2.45) is 0 Å². The van der Waals surface area contributed by atoms with Crippen molar-refractivity contribution < 1.29 is 173 Å². The van der Waals surface area contributed by atoms with Gasteiger partial charge in [-0.25, -0.2) is 0 Å². The van der Waals surface area contributed by atoms with Gasteiger partial charge in [0.15, 0.2) is 0 Å². The number of ether oxygens (including phenoxy) is 2. The molecule has 0 heterocycles. The molecule has 1 unspecified atom stereocenters. The lowest BCUT2D eigenvalue weighted by molar-refractivity contribution is -0.461. The van der Waals surface area contributed by atoms with E-state index in [1.807, 2.05) is 0 Å². The molecule has 0 rings (SSSR count). The zero-order valence-electron chi connectivity index (χ0n) is 29.9. The highest BCUT2D eigenvalue weighted by Gasteiger charge is 2.97. The molecule has 0 saturated carbocycles. The van der Waals surface area contributed by atoms with Crippen LogP contribution in [0.25, 0.3) is 0 Å². The molecule has 5 nitrogen and oxygen atoms in total. The number of esters is 2. The Hall–Kier alpha value is -3.13. The van der Waals surface area contributed by atoms with Gasteiger partial charge in [0, 0.05) is 5.75 Å². The summed E-state index contributed by atoms with van der Waals surface area (Å²) in [6, 6.07) is 0. The normalized spacial score (nSPS) is 16.3. The number of hydrogen-bond donors (Lipinski definition) is 1. The molecule has 0 aromatic heterocycles. The monoisotopic (exact) mass is 1090 g/mol. The van der Waals surface area contributed by atoms with Gasteiger partial charge < -0.3 is 14.6 Å². The van der Waals surface area contributed by atoms with Crippen molar-refractivity contribution in [1.82, 2.24) is 0 Å². The lowest BCUT2D eigenvalue weighted by Crippen LogP contribution is -2.74. The van der Waals surface area contributed by atoms with Gasteiger partial charge in [0.05, 0.1) is 39.1 Å². The van der Waals surface area contributed by atoms with Crippen molar-refractivity contribution in [3.05, 3.63) is 0 Å². The van der Waals surface area contributed by atoms with E-state index in [4.69, 9.17) is 5.11 Å². The Morgan fingerprint density at radius 3 is 0.879 bits per heavy atom. The molecule has 394 valence electrons. The second-order valence-corrected chi connectivity index (χ2v) is 13.8. The van der Waals surface area contributed by atoms with Crippen LogP contribution in [0.1, 0.15) is 19.3 Å². The van der Waals surface area contributed by atoms with E-state index in [-0.39, 0.29) is 11.8 Å². The molecule has 0 aliphatic heterocycles. The first-order chi connectivity index (χ1) is 28.4.